The average Bonchev–Trinajstić information content (AvgIpc) is 3.44. The van der Waals surface area contributed by atoms with Crippen molar-refractivity contribution in [1.29, 1.82) is 5.26 Å². The van der Waals surface area contributed by atoms with Crippen LogP contribution in [-0.4, -0.2) is 66.1 Å². The maximum absolute atomic E-state index is 9.24. The lowest BCUT2D eigenvalue weighted by Crippen LogP contribution is -2.30. The summed E-state index contributed by atoms with van der Waals surface area (Å²) in [5.41, 5.74) is 6.45. The number of nitrogens with zero attached hydrogens (tertiary/aromatic N) is 5. The van der Waals surface area contributed by atoms with Gasteiger partial charge in [0.2, 0.25) is 0 Å². The van der Waals surface area contributed by atoms with E-state index in [4.69, 9.17) is 9.72 Å². The van der Waals surface area contributed by atoms with Gasteiger partial charge in [0.15, 0.2) is 0 Å². The largest absolute Gasteiger partial charge is 0.497 e. The number of pyridine rings is 1. The molecule has 0 saturated carbocycles. The molecule has 0 bridgehead atoms. The van der Waals surface area contributed by atoms with Crippen LogP contribution >= 0.6 is 11.3 Å². The van der Waals surface area contributed by atoms with Crippen molar-refractivity contribution in [2.24, 2.45) is 0 Å². The maximum atomic E-state index is 9.24. The standard InChI is InChI=1S/C27H29N5OS/c1-30-11-3-12-31(15-14-30)13-10-25-27(20-4-7-23(33-2)8-5-20)29-26-9-6-21(18-32(25)26)22-16-24(17-28)34-19-22/h4-9,16,18-19H,3,10-15H2,1-2H3. The van der Waals surface area contributed by atoms with Gasteiger partial charge < -0.3 is 18.9 Å². The Hall–Kier alpha value is -3.18. The molecule has 174 valence electrons. The summed E-state index contributed by atoms with van der Waals surface area (Å²) in [5, 5.41) is 11.3. The van der Waals surface area contributed by atoms with E-state index in [-0.39, 0.29) is 0 Å². The molecule has 5 rings (SSSR count). The van der Waals surface area contributed by atoms with E-state index >= 15 is 0 Å². The Kier molecular flexibility index (Phi) is 6.63. The molecule has 1 saturated heterocycles. The van der Waals surface area contributed by atoms with E-state index in [2.05, 4.69) is 63.2 Å². The normalized spacial score (nSPS) is 15.3. The van der Waals surface area contributed by atoms with Crippen LogP contribution in [0.3, 0.4) is 0 Å². The van der Waals surface area contributed by atoms with Gasteiger partial charge in [-0.2, -0.15) is 5.26 Å². The van der Waals surface area contributed by atoms with Crippen LogP contribution in [0.5, 0.6) is 5.75 Å². The van der Waals surface area contributed by atoms with Crippen molar-refractivity contribution in [2.75, 3.05) is 46.9 Å². The average molecular weight is 472 g/mol. The molecule has 0 amide bonds. The van der Waals surface area contributed by atoms with Crippen LogP contribution in [0, 0.1) is 11.3 Å². The Labute approximate surface area is 204 Å². The fraction of sp³-hybridized carbons (Fsp3) is 0.333. The summed E-state index contributed by atoms with van der Waals surface area (Å²) in [6.07, 6.45) is 4.30. The topological polar surface area (TPSA) is 56.8 Å². The van der Waals surface area contributed by atoms with E-state index in [1.165, 1.54) is 23.5 Å². The summed E-state index contributed by atoms with van der Waals surface area (Å²) in [6.45, 7) is 5.52. The number of ether oxygens (including phenoxy) is 1. The molecule has 4 aromatic rings. The molecule has 1 aliphatic rings. The first kappa shape index (κ1) is 22.6. The minimum absolute atomic E-state index is 0.728. The number of benzene rings is 1. The third-order valence-electron chi connectivity index (χ3n) is 6.60. The molecule has 0 unspecified atom stereocenters. The Bertz CT molecular complexity index is 1320. The lowest BCUT2D eigenvalue weighted by molar-refractivity contribution is 0.278. The zero-order valence-electron chi connectivity index (χ0n) is 19.7. The molecule has 6 nitrogen and oxygen atoms in total. The fourth-order valence-electron chi connectivity index (χ4n) is 4.62. The number of thiophene rings is 1. The highest BCUT2D eigenvalue weighted by atomic mass is 32.1. The van der Waals surface area contributed by atoms with Crippen molar-refractivity contribution in [3.63, 3.8) is 0 Å². The number of methoxy groups -OCH3 is 1. The maximum Gasteiger partial charge on any atom is 0.137 e. The Balaban J connectivity index is 1.53. The van der Waals surface area contributed by atoms with E-state index in [1.54, 1.807) is 7.11 Å². The van der Waals surface area contributed by atoms with Crippen LogP contribution in [0.2, 0.25) is 0 Å². The van der Waals surface area contributed by atoms with Gasteiger partial charge >= 0.3 is 0 Å². The molecule has 0 N–H and O–H groups in total. The third-order valence-corrected chi connectivity index (χ3v) is 7.44. The van der Waals surface area contributed by atoms with Crippen molar-refractivity contribution < 1.29 is 4.74 Å². The lowest BCUT2D eigenvalue weighted by atomic mass is 10.1. The van der Waals surface area contributed by atoms with Crippen molar-refractivity contribution in [3.8, 4) is 34.2 Å². The quantitative estimate of drug-likeness (QED) is 0.405. The summed E-state index contributed by atoms with van der Waals surface area (Å²) in [6, 6.07) is 16.5. The highest BCUT2D eigenvalue weighted by molar-refractivity contribution is 7.10. The summed E-state index contributed by atoms with van der Waals surface area (Å²) < 4.78 is 7.60. The van der Waals surface area contributed by atoms with E-state index in [9.17, 15) is 5.26 Å². The van der Waals surface area contributed by atoms with Crippen molar-refractivity contribution in [1.82, 2.24) is 19.2 Å². The SMILES string of the molecule is COc1ccc(-c2nc3ccc(-c4csc(C#N)c4)cn3c2CCN2CCCN(C)CC2)cc1. The molecule has 0 radical (unpaired) electrons. The first-order valence-electron chi connectivity index (χ1n) is 11.7. The zero-order valence-corrected chi connectivity index (χ0v) is 20.5. The number of nitriles is 1. The van der Waals surface area contributed by atoms with Gasteiger partial charge in [-0.15, -0.1) is 11.3 Å². The highest BCUT2D eigenvalue weighted by Crippen LogP contribution is 2.30. The molecule has 1 aliphatic heterocycles. The first-order valence-corrected chi connectivity index (χ1v) is 12.6. The van der Waals surface area contributed by atoms with E-state index in [1.807, 2.05) is 18.2 Å². The molecule has 3 aromatic heterocycles. The van der Waals surface area contributed by atoms with Crippen LogP contribution in [0.25, 0.3) is 28.0 Å². The molecular weight excluding hydrogens is 442 g/mol. The Morgan fingerprint density at radius 1 is 1.03 bits per heavy atom. The smallest absolute Gasteiger partial charge is 0.137 e. The number of fused-ring (bicyclic) bond motifs is 1. The highest BCUT2D eigenvalue weighted by Gasteiger charge is 2.18. The van der Waals surface area contributed by atoms with Crippen molar-refractivity contribution >= 4 is 17.0 Å². The lowest BCUT2D eigenvalue weighted by Gasteiger charge is -2.20. The molecule has 0 aliphatic carbocycles. The number of imidazole rings is 1. The fourth-order valence-corrected chi connectivity index (χ4v) is 5.32. The second-order valence-electron chi connectivity index (χ2n) is 8.84. The first-order chi connectivity index (χ1) is 16.6. The molecule has 0 spiro atoms. The van der Waals surface area contributed by atoms with Crippen LogP contribution < -0.4 is 4.74 Å². The molecule has 7 heteroatoms. The van der Waals surface area contributed by atoms with Gasteiger partial charge in [0.25, 0.3) is 0 Å². The summed E-state index contributed by atoms with van der Waals surface area (Å²) >= 11 is 1.48. The van der Waals surface area contributed by atoms with Crippen LogP contribution in [0.1, 0.15) is 17.0 Å². The van der Waals surface area contributed by atoms with E-state index in [0.717, 1.165) is 77.8 Å². The van der Waals surface area contributed by atoms with Gasteiger partial charge in [-0.1, -0.05) is 0 Å². The summed E-state index contributed by atoms with van der Waals surface area (Å²) in [5.74, 6) is 0.843. The van der Waals surface area contributed by atoms with Crippen LogP contribution in [0.15, 0.2) is 54.0 Å². The minimum Gasteiger partial charge on any atom is -0.497 e. The van der Waals surface area contributed by atoms with Crippen molar-refractivity contribution in [3.05, 3.63) is 64.6 Å². The number of likely N-dealkylation sites (N-methyl/N-ethyl adjacent to an activating group) is 1. The second kappa shape index (κ2) is 9.98. The molecular formula is C27H29N5OS. The predicted octanol–water partition coefficient (Wildman–Crippen LogP) is 4.79. The predicted molar refractivity (Wildman–Crippen MR) is 137 cm³/mol. The number of hydrogen-bond acceptors (Lipinski definition) is 6. The minimum atomic E-state index is 0.728. The van der Waals surface area contributed by atoms with Crippen LogP contribution in [-0.2, 0) is 6.42 Å². The molecule has 0 atom stereocenters. The number of rotatable bonds is 6. The summed E-state index contributed by atoms with van der Waals surface area (Å²) in [4.78, 5) is 10.8. The zero-order chi connectivity index (χ0) is 23.5. The van der Waals surface area contributed by atoms with Gasteiger partial charge in [-0.05, 0) is 85.5 Å². The molecule has 1 fully saturated rings. The van der Waals surface area contributed by atoms with Gasteiger partial charge in [0, 0.05) is 37.8 Å². The Morgan fingerprint density at radius 3 is 2.62 bits per heavy atom. The molecule has 1 aromatic carbocycles. The van der Waals surface area contributed by atoms with Crippen LogP contribution in [0.4, 0.5) is 0 Å². The van der Waals surface area contributed by atoms with E-state index < -0.39 is 0 Å². The van der Waals surface area contributed by atoms with Gasteiger partial charge in [0.05, 0.1) is 18.5 Å². The Morgan fingerprint density at radius 2 is 1.85 bits per heavy atom. The van der Waals surface area contributed by atoms with Gasteiger partial charge in [-0.25, -0.2) is 4.98 Å². The van der Waals surface area contributed by atoms with Gasteiger partial charge in [-0.3, -0.25) is 0 Å². The molecule has 4 heterocycles. The number of hydrogen-bond donors (Lipinski definition) is 0. The van der Waals surface area contributed by atoms with Gasteiger partial charge in [0.1, 0.15) is 22.3 Å². The third kappa shape index (κ3) is 4.71. The van der Waals surface area contributed by atoms with E-state index in [0.29, 0.717) is 0 Å². The van der Waals surface area contributed by atoms with Crippen molar-refractivity contribution in [2.45, 2.75) is 12.8 Å². The summed E-state index contributed by atoms with van der Waals surface area (Å²) in [7, 11) is 3.90. The molecule has 34 heavy (non-hydrogen) atoms. The second-order valence-corrected chi connectivity index (χ2v) is 9.75. The number of aromatic nitrogens is 2. The monoisotopic (exact) mass is 471 g/mol.